The molecule has 3 aromatic carbocycles. The summed E-state index contributed by atoms with van der Waals surface area (Å²) in [5, 5.41) is 8.00. The van der Waals surface area contributed by atoms with Crippen LogP contribution >= 0.6 is 15.9 Å². The highest BCUT2D eigenvalue weighted by atomic mass is 79.9. The Hall–Kier alpha value is -3.06. The van der Waals surface area contributed by atoms with E-state index >= 15 is 0 Å². The Morgan fingerprint density at radius 1 is 1.00 bits per heavy atom. The Kier molecular flexibility index (Phi) is 5.38. The molecule has 0 bridgehead atoms. The number of nitrogens with one attached hydrogen (secondary N) is 2. The van der Waals surface area contributed by atoms with Crippen LogP contribution in [-0.4, -0.2) is 18.0 Å². The number of hydrogen-bond acceptors (Lipinski definition) is 3. The smallest absolute Gasteiger partial charge is 0.315 e. The first-order valence-electron chi connectivity index (χ1n) is 7.62. The Bertz CT molecular complexity index is 1020. The first-order chi connectivity index (χ1) is 12.5. The van der Waals surface area contributed by atoms with Crippen LogP contribution in [0.25, 0.3) is 10.8 Å². The maximum absolute atomic E-state index is 13.7. The Labute approximate surface area is 157 Å². The molecule has 3 rings (SSSR count). The molecule has 0 aromatic heterocycles. The van der Waals surface area contributed by atoms with Gasteiger partial charge in [0, 0.05) is 10.0 Å². The molecule has 0 radical (unpaired) electrons. The van der Waals surface area contributed by atoms with Crippen LogP contribution in [0.1, 0.15) is 5.56 Å². The highest BCUT2D eigenvalue weighted by Gasteiger charge is 2.15. The van der Waals surface area contributed by atoms with Gasteiger partial charge in [-0.2, -0.15) is 5.10 Å². The minimum Gasteiger partial charge on any atom is -0.315 e. The van der Waals surface area contributed by atoms with Crippen molar-refractivity contribution in [2.24, 2.45) is 5.10 Å². The molecule has 0 spiro atoms. The van der Waals surface area contributed by atoms with Gasteiger partial charge < -0.3 is 5.32 Å². The molecule has 0 saturated carbocycles. The predicted octanol–water partition coefficient (Wildman–Crippen LogP) is 3.83. The van der Waals surface area contributed by atoms with E-state index < -0.39 is 17.6 Å². The van der Waals surface area contributed by atoms with Crippen LogP contribution in [0.5, 0.6) is 0 Å². The fourth-order valence-electron chi connectivity index (χ4n) is 2.34. The standard InChI is InChI=1S/C19H13BrFN3O2/c20-14-8-9-17(16(21)10-14)23-18(25)19(26)24-22-11-13-6-3-5-12-4-1-2-7-15(12)13/h1-11H,(H,23,25)(H,24,26). The minimum atomic E-state index is -1.01. The molecule has 3 aromatic rings. The molecule has 0 atom stereocenters. The lowest BCUT2D eigenvalue weighted by Crippen LogP contribution is -2.32. The van der Waals surface area contributed by atoms with Crippen molar-refractivity contribution in [2.45, 2.75) is 0 Å². The van der Waals surface area contributed by atoms with Crippen LogP contribution in [-0.2, 0) is 9.59 Å². The van der Waals surface area contributed by atoms with Crippen molar-refractivity contribution >= 4 is 50.4 Å². The van der Waals surface area contributed by atoms with Gasteiger partial charge in [0.05, 0.1) is 11.9 Å². The van der Waals surface area contributed by atoms with Gasteiger partial charge in [-0.15, -0.1) is 0 Å². The summed E-state index contributed by atoms with van der Waals surface area (Å²) in [6.07, 6.45) is 1.45. The van der Waals surface area contributed by atoms with Gasteiger partial charge in [-0.1, -0.05) is 58.4 Å². The van der Waals surface area contributed by atoms with Gasteiger partial charge in [0.15, 0.2) is 0 Å². The average molecular weight is 414 g/mol. The highest BCUT2D eigenvalue weighted by molar-refractivity contribution is 9.10. The molecule has 5 nitrogen and oxygen atoms in total. The number of hydrogen-bond donors (Lipinski definition) is 2. The van der Waals surface area contributed by atoms with E-state index in [2.05, 4.69) is 31.8 Å². The van der Waals surface area contributed by atoms with E-state index in [0.29, 0.717) is 4.47 Å². The van der Waals surface area contributed by atoms with Gasteiger partial charge in [-0.3, -0.25) is 9.59 Å². The van der Waals surface area contributed by atoms with Gasteiger partial charge in [0.2, 0.25) is 0 Å². The fourth-order valence-corrected chi connectivity index (χ4v) is 2.68. The number of anilines is 1. The number of hydrazone groups is 1. The summed E-state index contributed by atoms with van der Waals surface area (Å²) in [7, 11) is 0. The predicted molar refractivity (Wildman–Crippen MR) is 102 cm³/mol. The summed E-state index contributed by atoms with van der Waals surface area (Å²) < 4.78 is 14.2. The van der Waals surface area contributed by atoms with Gasteiger partial charge in [0.25, 0.3) is 0 Å². The maximum Gasteiger partial charge on any atom is 0.329 e. The van der Waals surface area contributed by atoms with E-state index in [-0.39, 0.29) is 5.69 Å². The van der Waals surface area contributed by atoms with Crippen LogP contribution in [0.4, 0.5) is 10.1 Å². The summed E-state index contributed by atoms with van der Waals surface area (Å²) in [5.41, 5.74) is 2.84. The Balaban J connectivity index is 1.66. The van der Waals surface area contributed by atoms with Gasteiger partial charge in [-0.05, 0) is 29.0 Å². The van der Waals surface area contributed by atoms with Crippen molar-refractivity contribution in [3.8, 4) is 0 Å². The molecule has 0 aliphatic carbocycles. The summed E-state index contributed by atoms with van der Waals surface area (Å²) >= 11 is 3.11. The lowest BCUT2D eigenvalue weighted by molar-refractivity contribution is -0.136. The number of rotatable bonds is 3. The highest BCUT2D eigenvalue weighted by Crippen LogP contribution is 2.19. The second-order valence-corrected chi connectivity index (χ2v) is 6.26. The lowest BCUT2D eigenvalue weighted by atomic mass is 10.1. The van der Waals surface area contributed by atoms with Crippen LogP contribution in [0, 0.1) is 5.82 Å². The number of nitrogens with zero attached hydrogens (tertiary/aromatic N) is 1. The quantitative estimate of drug-likeness (QED) is 0.389. The van der Waals surface area contributed by atoms with Crippen molar-refractivity contribution in [2.75, 3.05) is 5.32 Å². The molecular formula is C19H13BrFN3O2. The first-order valence-corrected chi connectivity index (χ1v) is 8.41. The third-order valence-corrected chi connectivity index (χ3v) is 4.07. The number of carbonyl (C=O) groups is 2. The molecule has 0 saturated heterocycles. The molecule has 0 aliphatic heterocycles. The number of amides is 2. The second-order valence-electron chi connectivity index (χ2n) is 5.35. The molecular weight excluding hydrogens is 401 g/mol. The molecule has 2 N–H and O–H groups in total. The summed E-state index contributed by atoms with van der Waals surface area (Å²) in [6.45, 7) is 0. The zero-order chi connectivity index (χ0) is 18.5. The molecule has 7 heteroatoms. The third-order valence-electron chi connectivity index (χ3n) is 3.58. The van der Waals surface area contributed by atoms with E-state index in [4.69, 9.17) is 0 Å². The average Bonchev–Trinajstić information content (AvgIpc) is 2.64. The Morgan fingerprint density at radius 2 is 1.77 bits per heavy atom. The maximum atomic E-state index is 13.7. The number of fused-ring (bicyclic) bond motifs is 1. The normalized spacial score (nSPS) is 10.8. The molecule has 2 amide bonds. The monoisotopic (exact) mass is 413 g/mol. The van der Waals surface area contributed by atoms with Crippen molar-refractivity contribution in [1.82, 2.24) is 5.43 Å². The van der Waals surface area contributed by atoms with Crippen molar-refractivity contribution in [3.63, 3.8) is 0 Å². The summed E-state index contributed by atoms with van der Waals surface area (Å²) in [6, 6.07) is 17.5. The number of carbonyl (C=O) groups excluding carboxylic acids is 2. The van der Waals surface area contributed by atoms with Crippen LogP contribution in [0.15, 0.2) is 70.2 Å². The molecule has 0 fully saturated rings. The van der Waals surface area contributed by atoms with Crippen LogP contribution in [0.2, 0.25) is 0 Å². The molecule has 0 unspecified atom stereocenters. The van der Waals surface area contributed by atoms with Gasteiger partial charge in [-0.25, -0.2) is 9.82 Å². The summed E-state index contributed by atoms with van der Waals surface area (Å²) in [4.78, 5) is 23.6. The van der Waals surface area contributed by atoms with Crippen molar-refractivity contribution in [3.05, 3.63) is 76.5 Å². The van der Waals surface area contributed by atoms with Gasteiger partial charge >= 0.3 is 11.8 Å². The van der Waals surface area contributed by atoms with Gasteiger partial charge in [0.1, 0.15) is 5.82 Å². The van der Waals surface area contributed by atoms with Crippen molar-refractivity contribution in [1.29, 1.82) is 0 Å². The van der Waals surface area contributed by atoms with Crippen LogP contribution in [0.3, 0.4) is 0 Å². The fraction of sp³-hybridized carbons (Fsp3) is 0. The SMILES string of the molecule is O=C(NN=Cc1cccc2ccccc12)C(=O)Nc1ccc(Br)cc1F. The van der Waals surface area contributed by atoms with E-state index in [9.17, 15) is 14.0 Å². The van der Waals surface area contributed by atoms with Crippen molar-refractivity contribution < 1.29 is 14.0 Å². The van der Waals surface area contributed by atoms with E-state index in [1.54, 1.807) is 6.07 Å². The third kappa shape index (κ3) is 4.12. The number of halogens is 2. The second kappa shape index (κ2) is 7.88. The zero-order valence-electron chi connectivity index (χ0n) is 13.4. The molecule has 130 valence electrons. The Morgan fingerprint density at radius 3 is 2.58 bits per heavy atom. The summed E-state index contributed by atoms with van der Waals surface area (Å²) in [5.74, 6) is -2.66. The molecule has 0 heterocycles. The topological polar surface area (TPSA) is 70.6 Å². The molecule has 26 heavy (non-hydrogen) atoms. The first kappa shape index (κ1) is 17.8. The largest absolute Gasteiger partial charge is 0.329 e. The zero-order valence-corrected chi connectivity index (χ0v) is 15.0. The molecule has 0 aliphatic rings. The van der Waals surface area contributed by atoms with E-state index in [0.717, 1.165) is 16.3 Å². The number of benzene rings is 3. The minimum absolute atomic E-state index is 0.0913. The van der Waals surface area contributed by atoms with E-state index in [1.807, 2.05) is 42.5 Å². The van der Waals surface area contributed by atoms with Crippen LogP contribution < -0.4 is 10.7 Å². The van der Waals surface area contributed by atoms with E-state index in [1.165, 1.54) is 18.3 Å². The lowest BCUT2D eigenvalue weighted by Gasteiger charge is -2.05.